The second-order valence-electron chi connectivity index (χ2n) is 4.38. The standard InChI is InChI=1S/C10H14BNO2Si/c1-15(2,3)5-4-9-6-10(11(13)14)8-12-7-9/h6-8,13-14H,1-3H3. The molecule has 78 valence electrons. The first-order chi connectivity index (χ1) is 6.88. The summed E-state index contributed by atoms with van der Waals surface area (Å²) in [4.78, 5) is 3.90. The molecule has 0 saturated carbocycles. The molecular weight excluding hydrogens is 205 g/mol. The summed E-state index contributed by atoms with van der Waals surface area (Å²) in [5.74, 6) is 3.01. The lowest BCUT2D eigenvalue weighted by atomic mass is 9.81. The summed E-state index contributed by atoms with van der Waals surface area (Å²) in [7, 11) is -2.88. The number of rotatable bonds is 1. The van der Waals surface area contributed by atoms with Gasteiger partial charge in [-0.2, -0.15) is 0 Å². The summed E-state index contributed by atoms with van der Waals surface area (Å²) >= 11 is 0. The Bertz CT molecular complexity index is 404. The lowest BCUT2D eigenvalue weighted by Gasteiger charge is -2.03. The molecule has 1 aromatic heterocycles. The van der Waals surface area contributed by atoms with E-state index in [1.807, 2.05) is 0 Å². The Labute approximate surface area is 91.3 Å². The van der Waals surface area contributed by atoms with Crippen LogP contribution in [0.1, 0.15) is 5.56 Å². The zero-order valence-electron chi connectivity index (χ0n) is 9.15. The van der Waals surface area contributed by atoms with E-state index < -0.39 is 15.2 Å². The van der Waals surface area contributed by atoms with E-state index in [9.17, 15) is 0 Å². The van der Waals surface area contributed by atoms with E-state index in [4.69, 9.17) is 10.0 Å². The van der Waals surface area contributed by atoms with E-state index >= 15 is 0 Å². The lowest BCUT2D eigenvalue weighted by molar-refractivity contribution is 0.425. The van der Waals surface area contributed by atoms with E-state index in [1.54, 1.807) is 12.3 Å². The van der Waals surface area contributed by atoms with Crippen LogP contribution in [-0.4, -0.2) is 30.2 Å². The topological polar surface area (TPSA) is 53.4 Å². The Balaban J connectivity index is 2.95. The first-order valence-corrected chi connectivity index (χ1v) is 8.23. The highest BCUT2D eigenvalue weighted by atomic mass is 28.3. The number of nitrogens with zero attached hydrogens (tertiary/aromatic N) is 1. The van der Waals surface area contributed by atoms with E-state index in [-0.39, 0.29) is 0 Å². The van der Waals surface area contributed by atoms with Gasteiger partial charge in [0.15, 0.2) is 0 Å². The molecule has 3 nitrogen and oxygen atoms in total. The molecule has 0 aromatic carbocycles. The molecule has 1 heterocycles. The Morgan fingerprint density at radius 3 is 2.47 bits per heavy atom. The molecule has 0 aliphatic carbocycles. The van der Waals surface area contributed by atoms with Crippen molar-refractivity contribution in [2.45, 2.75) is 19.6 Å². The average Bonchev–Trinajstić information content (AvgIpc) is 2.14. The number of aromatic nitrogens is 1. The number of hydrogen-bond donors (Lipinski definition) is 2. The van der Waals surface area contributed by atoms with Crippen LogP contribution in [0.15, 0.2) is 18.5 Å². The molecule has 0 aliphatic heterocycles. The van der Waals surface area contributed by atoms with Crippen molar-refractivity contribution in [3.05, 3.63) is 24.0 Å². The van der Waals surface area contributed by atoms with Gasteiger partial charge >= 0.3 is 7.12 Å². The van der Waals surface area contributed by atoms with Gasteiger partial charge in [-0.3, -0.25) is 4.98 Å². The summed E-state index contributed by atoms with van der Waals surface area (Å²) in [6.45, 7) is 6.45. The third kappa shape index (κ3) is 4.30. The molecular formula is C10H14BNO2Si. The van der Waals surface area contributed by atoms with Gasteiger partial charge < -0.3 is 10.0 Å². The van der Waals surface area contributed by atoms with Gasteiger partial charge in [-0.25, -0.2) is 0 Å². The summed E-state index contributed by atoms with van der Waals surface area (Å²) < 4.78 is 0. The first kappa shape index (κ1) is 12.0. The molecule has 1 rings (SSSR count). The van der Waals surface area contributed by atoms with E-state index in [1.165, 1.54) is 6.20 Å². The predicted octanol–water partition coefficient (Wildman–Crippen LogP) is -0.00970. The predicted molar refractivity (Wildman–Crippen MR) is 64.3 cm³/mol. The van der Waals surface area contributed by atoms with Crippen LogP contribution in [0.2, 0.25) is 19.6 Å². The van der Waals surface area contributed by atoms with Crippen molar-refractivity contribution in [2.24, 2.45) is 0 Å². The van der Waals surface area contributed by atoms with Gasteiger partial charge in [-0.15, -0.1) is 5.54 Å². The fraction of sp³-hybridized carbons (Fsp3) is 0.300. The van der Waals surface area contributed by atoms with Gasteiger partial charge in [0.25, 0.3) is 0 Å². The quantitative estimate of drug-likeness (QED) is 0.516. The fourth-order valence-corrected chi connectivity index (χ4v) is 1.45. The maximum atomic E-state index is 8.95. The van der Waals surface area contributed by atoms with Gasteiger partial charge in [-0.05, 0) is 6.07 Å². The van der Waals surface area contributed by atoms with Crippen molar-refractivity contribution in [2.75, 3.05) is 0 Å². The van der Waals surface area contributed by atoms with Gasteiger partial charge in [0.2, 0.25) is 0 Å². The third-order valence-electron chi connectivity index (χ3n) is 1.64. The van der Waals surface area contributed by atoms with Crippen LogP contribution in [0.25, 0.3) is 0 Å². The largest absolute Gasteiger partial charge is 0.490 e. The van der Waals surface area contributed by atoms with Gasteiger partial charge in [-0.1, -0.05) is 25.6 Å². The van der Waals surface area contributed by atoms with Crippen molar-refractivity contribution in [1.29, 1.82) is 0 Å². The Morgan fingerprint density at radius 2 is 1.93 bits per heavy atom. The van der Waals surface area contributed by atoms with E-state index in [2.05, 4.69) is 36.1 Å². The SMILES string of the molecule is C[Si](C)(C)C#Cc1cncc(B(O)O)c1. The van der Waals surface area contributed by atoms with Gasteiger partial charge in [0.1, 0.15) is 8.07 Å². The Hall–Kier alpha value is -1.09. The minimum atomic E-state index is -1.48. The van der Waals surface area contributed by atoms with Crippen LogP contribution in [0, 0.1) is 11.5 Å². The summed E-state index contributed by atoms with van der Waals surface area (Å²) in [6.07, 6.45) is 3.05. The van der Waals surface area contributed by atoms with Crippen LogP contribution in [-0.2, 0) is 0 Å². The van der Waals surface area contributed by atoms with Crippen LogP contribution in [0.5, 0.6) is 0 Å². The Morgan fingerprint density at radius 1 is 1.27 bits per heavy atom. The maximum Gasteiger partial charge on any atom is 0.490 e. The molecule has 15 heavy (non-hydrogen) atoms. The molecule has 0 bridgehead atoms. The zero-order chi connectivity index (χ0) is 11.5. The zero-order valence-corrected chi connectivity index (χ0v) is 10.2. The molecule has 1 aromatic rings. The van der Waals surface area contributed by atoms with Gasteiger partial charge in [0, 0.05) is 23.4 Å². The highest BCUT2D eigenvalue weighted by molar-refractivity contribution is 6.83. The second-order valence-corrected chi connectivity index (χ2v) is 9.13. The molecule has 0 unspecified atom stereocenters. The molecule has 2 N–H and O–H groups in total. The van der Waals surface area contributed by atoms with E-state index in [0.29, 0.717) is 5.46 Å². The van der Waals surface area contributed by atoms with Crippen LogP contribution in [0.3, 0.4) is 0 Å². The number of hydrogen-bond acceptors (Lipinski definition) is 3. The van der Waals surface area contributed by atoms with Crippen LogP contribution in [0.4, 0.5) is 0 Å². The highest BCUT2D eigenvalue weighted by Gasteiger charge is 2.11. The highest BCUT2D eigenvalue weighted by Crippen LogP contribution is 1.98. The summed E-state index contributed by atoms with van der Waals surface area (Å²) in [5, 5.41) is 17.9. The van der Waals surface area contributed by atoms with Crippen LogP contribution >= 0.6 is 0 Å². The van der Waals surface area contributed by atoms with Gasteiger partial charge in [0.05, 0.1) is 0 Å². The first-order valence-electron chi connectivity index (χ1n) is 4.73. The fourth-order valence-electron chi connectivity index (χ4n) is 0.927. The smallest absolute Gasteiger partial charge is 0.423 e. The van der Waals surface area contributed by atoms with Crippen LogP contribution < -0.4 is 5.46 Å². The molecule has 0 spiro atoms. The van der Waals surface area contributed by atoms with Crippen molar-refractivity contribution in [1.82, 2.24) is 4.98 Å². The molecule has 0 aliphatic rings. The van der Waals surface area contributed by atoms with Crippen molar-refractivity contribution in [3.8, 4) is 11.5 Å². The Kier molecular flexibility index (Phi) is 3.69. The normalized spacial score (nSPS) is 10.5. The molecule has 0 radical (unpaired) electrons. The average molecular weight is 219 g/mol. The third-order valence-corrected chi connectivity index (χ3v) is 2.51. The molecule has 5 heteroatoms. The molecule has 0 amide bonds. The van der Waals surface area contributed by atoms with E-state index in [0.717, 1.165) is 5.56 Å². The lowest BCUT2D eigenvalue weighted by Crippen LogP contribution is -2.30. The maximum absolute atomic E-state index is 8.95. The summed E-state index contributed by atoms with van der Waals surface area (Å²) in [6, 6.07) is 1.64. The van der Waals surface area contributed by atoms with Crippen molar-refractivity contribution >= 4 is 20.7 Å². The van der Waals surface area contributed by atoms with Crippen molar-refractivity contribution < 1.29 is 10.0 Å². The monoisotopic (exact) mass is 219 g/mol. The minimum Gasteiger partial charge on any atom is -0.423 e. The molecule has 0 saturated heterocycles. The summed E-state index contributed by atoms with van der Waals surface area (Å²) in [5.41, 5.74) is 4.29. The minimum absolute atomic E-state index is 0.373. The number of pyridine rings is 1. The van der Waals surface area contributed by atoms with Crippen molar-refractivity contribution in [3.63, 3.8) is 0 Å². The second kappa shape index (κ2) is 4.62. The molecule has 0 fully saturated rings. The molecule has 0 atom stereocenters.